The Morgan fingerprint density at radius 1 is 1.07 bits per heavy atom. The number of pyridine rings is 1. The average Bonchev–Trinajstić information content (AvgIpc) is 3.01. The molecule has 4 saturated heterocycles. The molecule has 1 atom stereocenters. The van der Waals surface area contributed by atoms with Crippen LogP contribution in [0.5, 0.6) is 0 Å². The van der Waals surface area contributed by atoms with Crippen molar-refractivity contribution < 1.29 is 18.0 Å². The van der Waals surface area contributed by atoms with Crippen LogP contribution in [0.15, 0.2) is 18.3 Å². The Labute approximate surface area is 157 Å². The summed E-state index contributed by atoms with van der Waals surface area (Å²) in [4.78, 5) is 23.2. The van der Waals surface area contributed by atoms with Gasteiger partial charge in [-0.1, -0.05) is 0 Å². The first kappa shape index (κ1) is 18.5. The van der Waals surface area contributed by atoms with Crippen LogP contribution in [0.3, 0.4) is 0 Å². The lowest BCUT2D eigenvalue weighted by Gasteiger charge is -2.38. The predicted molar refractivity (Wildman–Crippen MR) is 95.4 cm³/mol. The summed E-state index contributed by atoms with van der Waals surface area (Å²) >= 11 is 0. The van der Waals surface area contributed by atoms with E-state index in [0.29, 0.717) is 19.5 Å². The lowest BCUT2D eigenvalue weighted by molar-refractivity contribution is -0.137. The average molecular weight is 382 g/mol. The number of carbonyl (C=O) groups excluding carboxylic acids is 1. The minimum Gasteiger partial charge on any atom is -0.355 e. The van der Waals surface area contributed by atoms with E-state index in [1.165, 1.54) is 12.3 Å². The van der Waals surface area contributed by atoms with Gasteiger partial charge in [-0.05, 0) is 37.8 Å². The highest BCUT2D eigenvalue weighted by molar-refractivity contribution is 5.80. The van der Waals surface area contributed by atoms with Gasteiger partial charge in [0.1, 0.15) is 5.82 Å². The van der Waals surface area contributed by atoms with Crippen LogP contribution in [0.1, 0.15) is 31.2 Å². The number of hydrogen-bond donors (Lipinski definition) is 0. The first-order chi connectivity index (χ1) is 12.9. The first-order valence-corrected chi connectivity index (χ1v) is 9.73. The molecule has 5 rings (SSSR count). The van der Waals surface area contributed by atoms with E-state index < -0.39 is 11.7 Å². The summed E-state index contributed by atoms with van der Waals surface area (Å²) in [5.74, 6) is -0.197. The molecule has 8 heteroatoms. The van der Waals surface area contributed by atoms with Crippen LogP contribution in [0.25, 0.3) is 0 Å². The molecule has 4 aliphatic rings. The Kier molecular flexibility index (Phi) is 5.01. The standard InChI is InChI=1S/C19H25F3N4O/c20-19(21,22)16-4-1-7-23-17(16)25-8-2-3-14(13-25)18(27)26-12-11-24-9-5-15(26)6-10-24/h1,4,7,14-15H,2-3,5-6,8-13H2. The molecular weight excluding hydrogens is 357 g/mol. The Balaban J connectivity index is 1.51. The van der Waals surface area contributed by atoms with E-state index in [0.717, 1.165) is 51.5 Å². The molecule has 0 N–H and O–H groups in total. The number of hydrogen-bond acceptors (Lipinski definition) is 4. The minimum absolute atomic E-state index is 0.0505. The van der Waals surface area contributed by atoms with Crippen molar-refractivity contribution in [3.05, 3.63) is 23.9 Å². The molecule has 5 nitrogen and oxygen atoms in total. The smallest absolute Gasteiger partial charge is 0.355 e. The van der Waals surface area contributed by atoms with Gasteiger partial charge in [0.15, 0.2) is 0 Å². The third kappa shape index (κ3) is 3.77. The SMILES string of the molecule is O=C(C1CCCN(c2ncccc2C(F)(F)F)C1)N1CCN2CCC1CC2. The van der Waals surface area contributed by atoms with Crippen molar-refractivity contribution >= 4 is 11.7 Å². The minimum atomic E-state index is -4.45. The summed E-state index contributed by atoms with van der Waals surface area (Å²) in [6.45, 7) is 4.52. The number of aromatic nitrogens is 1. The van der Waals surface area contributed by atoms with Gasteiger partial charge >= 0.3 is 6.18 Å². The number of alkyl halides is 3. The van der Waals surface area contributed by atoms with Crippen molar-refractivity contribution in [2.24, 2.45) is 5.92 Å². The van der Waals surface area contributed by atoms with Gasteiger partial charge < -0.3 is 14.7 Å². The normalized spacial score (nSPS) is 28.9. The van der Waals surface area contributed by atoms with Crippen molar-refractivity contribution in [2.45, 2.75) is 37.9 Å². The van der Waals surface area contributed by atoms with Gasteiger partial charge in [-0.3, -0.25) is 4.79 Å². The summed E-state index contributed by atoms with van der Waals surface area (Å²) in [5, 5.41) is 0. The molecule has 2 bridgehead atoms. The van der Waals surface area contributed by atoms with Crippen LogP contribution in [0.2, 0.25) is 0 Å². The Bertz CT molecular complexity index is 688. The van der Waals surface area contributed by atoms with Gasteiger partial charge in [-0.15, -0.1) is 0 Å². The second-order valence-electron chi connectivity index (χ2n) is 7.76. The molecule has 0 aliphatic carbocycles. The molecule has 5 heterocycles. The maximum absolute atomic E-state index is 13.4. The summed E-state index contributed by atoms with van der Waals surface area (Å²) in [6.07, 6.45) is 0.378. The van der Waals surface area contributed by atoms with Crippen molar-refractivity contribution in [2.75, 3.05) is 44.2 Å². The summed E-state index contributed by atoms with van der Waals surface area (Å²) in [6, 6.07) is 2.66. The van der Waals surface area contributed by atoms with Crippen LogP contribution >= 0.6 is 0 Å². The van der Waals surface area contributed by atoms with E-state index in [4.69, 9.17) is 0 Å². The molecule has 1 aromatic rings. The zero-order chi connectivity index (χ0) is 19.0. The zero-order valence-corrected chi connectivity index (χ0v) is 15.3. The van der Waals surface area contributed by atoms with Gasteiger partial charge in [0.05, 0.1) is 11.5 Å². The molecular formula is C19H25F3N4O. The second-order valence-corrected chi connectivity index (χ2v) is 7.76. The number of nitrogens with zero attached hydrogens (tertiary/aromatic N) is 4. The number of rotatable bonds is 2. The number of carbonyl (C=O) groups is 1. The van der Waals surface area contributed by atoms with Gasteiger partial charge in [-0.2, -0.15) is 13.2 Å². The molecule has 0 aromatic carbocycles. The molecule has 1 unspecified atom stereocenters. The predicted octanol–water partition coefficient (Wildman–Crippen LogP) is 2.62. The van der Waals surface area contributed by atoms with E-state index >= 15 is 0 Å². The van der Waals surface area contributed by atoms with Crippen molar-refractivity contribution in [1.82, 2.24) is 14.8 Å². The molecule has 27 heavy (non-hydrogen) atoms. The molecule has 0 spiro atoms. The fraction of sp³-hybridized carbons (Fsp3) is 0.684. The Hall–Kier alpha value is -1.83. The number of anilines is 1. The van der Waals surface area contributed by atoms with Gasteiger partial charge in [0.2, 0.25) is 5.91 Å². The fourth-order valence-corrected chi connectivity index (χ4v) is 4.65. The van der Waals surface area contributed by atoms with Gasteiger partial charge in [0, 0.05) is 51.5 Å². The van der Waals surface area contributed by atoms with E-state index in [1.807, 2.05) is 4.90 Å². The first-order valence-electron chi connectivity index (χ1n) is 9.73. The van der Waals surface area contributed by atoms with E-state index in [1.54, 1.807) is 4.90 Å². The number of fused-ring (bicyclic) bond motifs is 4. The quantitative estimate of drug-likeness (QED) is 0.788. The van der Waals surface area contributed by atoms with Crippen LogP contribution in [-0.2, 0) is 11.0 Å². The van der Waals surface area contributed by atoms with E-state index in [-0.39, 0.29) is 23.7 Å². The van der Waals surface area contributed by atoms with Crippen LogP contribution < -0.4 is 4.90 Å². The largest absolute Gasteiger partial charge is 0.419 e. The van der Waals surface area contributed by atoms with E-state index in [2.05, 4.69) is 9.88 Å². The molecule has 1 aromatic heterocycles. The summed E-state index contributed by atoms with van der Waals surface area (Å²) < 4.78 is 40.1. The fourth-order valence-electron chi connectivity index (χ4n) is 4.65. The lowest BCUT2D eigenvalue weighted by Crippen LogP contribution is -2.49. The van der Waals surface area contributed by atoms with Crippen LogP contribution in [0, 0.1) is 5.92 Å². The third-order valence-corrected chi connectivity index (χ3v) is 6.10. The van der Waals surface area contributed by atoms with E-state index in [9.17, 15) is 18.0 Å². The number of halogens is 3. The maximum Gasteiger partial charge on any atom is 0.419 e. The monoisotopic (exact) mass is 382 g/mol. The summed E-state index contributed by atoms with van der Waals surface area (Å²) in [5.41, 5.74) is -0.723. The molecule has 4 aliphatic heterocycles. The van der Waals surface area contributed by atoms with Gasteiger partial charge in [-0.25, -0.2) is 4.98 Å². The number of amides is 1. The third-order valence-electron chi connectivity index (χ3n) is 6.10. The zero-order valence-electron chi connectivity index (χ0n) is 15.3. The van der Waals surface area contributed by atoms with Gasteiger partial charge in [0.25, 0.3) is 0 Å². The molecule has 1 amide bonds. The highest BCUT2D eigenvalue weighted by Crippen LogP contribution is 2.37. The maximum atomic E-state index is 13.4. The molecule has 4 fully saturated rings. The van der Waals surface area contributed by atoms with Crippen LogP contribution in [0.4, 0.5) is 19.0 Å². The lowest BCUT2D eigenvalue weighted by atomic mass is 9.94. The van der Waals surface area contributed by atoms with Crippen molar-refractivity contribution in [3.63, 3.8) is 0 Å². The van der Waals surface area contributed by atoms with Crippen LogP contribution in [-0.4, -0.2) is 66.0 Å². The second kappa shape index (κ2) is 7.30. The molecule has 148 valence electrons. The Morgan fingerprint density at radius 2 is 1.85 bits per heavy atom. The highest BCUT2D eigenvalue weighted by Gasteiger charge is 2.39. The molecule has 0 radical (unpaired) electrons. The Morgan fingerprint density at radius 3 is 2.59 bits per heavy atom. The summed E-state index contributed by atoms with van der Waals surface area (Å²) in [7, 11) is 0. The van der Waals surface area contributed by atoms with Crippen molar-refractivity contribution in [1.29, 1.82) is 0 Å². The topological polar surface area (TPSA) is 39.7 Å². The molecule has 0 saturated carbocycles. The van der Waals surface area contributed by atoms with Crippen molar-refractivity contribution in [3.8, 4) is 0 Å². The number of piperidine rings is 2. The highest BCUT2D eigenvalue weighted by atomic mass is 19.4.